The van der Waals surface area contributed by atoms with Crippen LogP contribution < -0.4 is 0 Å². The van der Waals surface area contributed by atoms with Gasteiger partial charge in [-0.05, 0) is 52.0 Å². The molecule has 0 saturated carbocycles. The third-order valence-corrected chi connectivity index (χ3v) is 4.03. The van der Waals surface area contributed by atoms with Crippen LogP contribution in [0, 0.1) is 27.7 Å². The Morgan fingerprint density at radius 3 is 1.33 bits per heavy atom. The Hall–Kier alpha value is -2.59. The summed E-state index contributed by atoms with van der Waals surface area (Å²) < 4.78 is 0. The van der Waals surface area contributed by atoms with Crippen LogP contribution in [0.4, 0.5) is 0 Å². The number of aromatic hydroxyl groups is 2. The van der Waals surface area contributed by atoms with E-state index in [4.69, 9.17) is 0 Å². The number of hydrogen-bond acceptors (Lipinski definition) is 6. The zero-order valence-corrected chi connectivity index (χ0v) is 17.7. The van der Waals surface area contributed by atoms with Crippen molar-refractivity contribution in [1.29, 1.82) is 0 Å². The van der Waals surface area contributed by atoms with Crippen LogP contribution in [-0.4, -0.2) is 30.1 Å². The fraction of sp³-hybridized carbons (Fsp3) is 0.200. The third-order valence-electron chi connectivity index (χ3n) is 4.03. The maximum Gasteiger partial charge on any atom is 0.150 e. The fourth-order valence-corrected chi connectivity index (χ4v) is 2.83. The number of aromatic nitrogens is 4. The van der Waals surface area contributed by atoms with Gasteiger partial charge in [0.1, 0.15) is 34.2 Å². The summed E-state index contributed by atoms with van der Waals surface area (Å²) in [5, 5.41) is 22.3. The zero-order valence-electron chi connectivity index (χ0n) is 15.5. The average Bonchev–Trinajstić information content (AvgIpc) is 2.57. The second-order valence-electron chi connectivity index (χ2n) is 6.06. The summed E-state index contributed by atoms with van der Waals surface area (Å²) in [4.78, 5) is 17.7. The van der Waals surface area contributed by atoms with Crippen LogP contribution in [0.2, 0.25) is 0 Å². The van der Waals surface area contributed by atoms with Crippen molar-refractivity contribution >= 4 is 21.8 Å². The molecule has 0 aliphatic carbocycles. The van der Waals surface area contributed by atoms with E-state index < -0.39 is 0 Å². The van der Waals surface area contributed by atoms with E-state index in [-0.39, 0.29) is 32.6 Å². The molecular weight excluding hydrogens is 523 g/mol. The summed E-state index contributed by atoms with van der Waals surface area (Å²) in [5.74, 6) is 1.02. The molecule has 3 rings (SSSR count). The molecule has 7 heteroatoms. The summed E-state index contributed by atoms with van der Waals surface area (Å²) in [6.07, 6.45) is 0. The van der Waals surface area contributed by atoms with Gasteiger partial charge in [-0.25, -0.2) is 19.9 Å². The maximum absolute atomic E-state index is 10.6. The molecule has 6 nitrogen and oxygen atoms in total. The predicted molar refractivity (Wildman–Crippen MR) is 101 cm³/mol. The SMILES string of the molecule is Cc1nc(C)c2cccc(nc(C)nc(C)c3cccc(n1)c3O)c2O.[Pt]. The Morgan fingerprint density at radius 1 is 0.593 bits per heavy atom. The average molecular weight is 543 g/mol. The minimum Gasteiger partial charge on any atom is -0.505 e. The predicted octanol–water partition coefficient (Wildman–Crippen LogP) is 3.90. The molecule has 2 aromatic carbocycles. The van der Waals surface area contributed by atoms with E-state index in [0.717, 1.165) is 0 Å². The van der Waals surface area contributed by atoms with Crippen molar-refractivity contribution in [1.82, 2.24) is 19.9 Å². The van der Waals surface area contributed by atoms with Crippen molar-refractivity contribution in [3.8, 4) is 11.5 Å². The van der Waals surface area contributed by atoms with Gasteiger partial charge < -0.3 is 10.2 Å². The Balaban J connectivity index is 0.00000261. The molecule has 0 aliphatic rings. The van der Waals surface area contributed by atoms with Gasteiger partial charge in [-0.2, -0.15) is 0 Å². The van der Waals surface area contributed by atoms with E-state index in [1.54, 1.807) is 52.0 Å². The van der Waals surface area contributed by atoms with Crippen LogP contribution in [-0.2, 0) is 21.1 Å². The van der Waals surface area contributed by atoms with E-state index in [1.165, 1.54) is 0 Å². The van der Waals surface area contributed by atoms with Crippen LogP contribution in [0.15, 0.2) is 36.4 Å². The van der Waals surface area contributed by atoms with Gasteiger partial charge in [-0.1, -0.05) is 12.1 Å². The van der Waals surface area contributed by atoms with Crippen LogP contribution >= 0.6 is 0 Å². The van der Waals surface area contributed by atoms with Crippen LogP contribution in [0.1, 0.15) is 23.0 Å². The van der Waals surface area contributed by atoms with Crippen LogP contribution in [0.25, 0.3) is 21.8 Å². The third kappa shape index (κ3) is 4.39. The van der Waals surface area contributed by atoms with Crippen LogP contribution in [0.3, 0.4) is 0 Å². The van der Waals surface area contributed by atoms with Gasteiger partial charge in [-0.3, -0.25) is 0 Å². The molecule has 0 spiro atoms. The first-order valence-corrected chi connectivity index (χ1v) is 8.22. The van der Waals surface area contributed by atoms with Crippen molar-refractivity contribution in [3.05, 3.63) is 59.4 Å². The van der Waals surface area contributed by atoms with Gasteiger partial charge in [0, 0.05) is 31.8 Å². The molecule has 27 heavy (non-hydrogen) atoms. The molecule has 0 aliphatic heterocycles. The van der Waals surface area contributed by atoms with E-state index in [9.17, 15) is 10.2 Å². The van der Waals surface area contributed by atoms with Crippen LogP contribution in [0.5, 0.6) is 11.5 Å². The van der Waals surface area contributed by atoms with E-state index >= 15 is 0 Å². The first-order chi connectivity index (χ1) is 12.4. The van der Waals surface area contributed by atoms with Gasteiger partial charge in [-0.15, -0.1) is 0 Å². The van der Waals surface area contributed by atoms with Crippen molar-refractivity contribution in [2.45, 2.75) is 27.7 Å². The molecule has 1 aromatic heterocycles. The van der Waals surface area contributed by atoms with Gasteiger partial charge in [0.05, 0.1) is 11.4 Å². The molecule has 0 unspecified atom stereocenters. The smallest absolute Gasteiger partial charge is 0.150 e. The summed E-state index contributed by atoms with van der Waals surface area (Å²) >= 11 is 0. The minimum atomic E-state index is 0. The number of fused-ring (bicyclic) bond motifs is 4. The second kappa shape index (κ2) is 8.40. The quantitative estimate of drug-likeness (QED) is 0.447. The molecule has 0 atom stereocenters. The largest absolute Gasteiger partial charge is 0.505 e. The Morgan fingerprint density at radius 2 is 0.963 bits per heavy atom. The Labute approximate surface area is 171 Å². The van der Waals surface area contributed by atoms with Gasteiger partial charge in [0.25, 0.3) is 0 Å². The molecule has 3 aromatic rings. The number of rotatable bonds is 0. The molecule has 2 N–H and O–H groups in total. The van der Waals surface area contributed by atoms with Crippen molar-refractivity contribution in [2.24, 2.45) is 0 Å². The second-order valence-corrected chi connectivity index (χ2v) is 6.06. The number of aryl methyl sites for hydroxylation is 4. The molecule has 0 fully saturated rings. The maximum atomic E-state index is 10.6. The molecule has 1 heterocycles. The number of phenolic OH excluding ortho intramolecular Hbond substituents is 2. The number of phenols is 2. The molecule has 142 valence electrons. The summed E-state index contributed by atoms with van der Waals surface area (Å²) in [7, 11) is 0. The summed E-state index contributed by atoms with van der Waals surface area (Å²) in [6, 6.07) is 10.6. The van der Waals surface area contributed by atoms with E-state index in [0.29, 0.717) is 44.8 Å². The summed E-state index contributed by atoms with van der Waals surface area (Å²) in [6.45, 7) is 7.06. The zero-order chi connectivity index (χ0) is 18.8. The number of hydrogen-bond donors (Lipinski definition) is 2. The fourth-order valence-electron chi connectivity index (χ4n) is 2.83. The molecule has 0 amide bonds. The molecule has 4 bridgehead atoms. The Bertz CT molecular complexity index is 1030. The molecular formula is C20H20N4O2Pt. The summed E-state index contributed by atoms with van der Waals surface area (Å²) in [5.41, 5.74) is 2.03. The normalized spacial score (nSPS) is 10.2. The minimum absolute atomic E-state index is 0. The van der Waals surface area contributed by atoms with Gasteiger partial charge >= 0.3 is 0 Å². The Kier molecular flexibility index (Phi) is 6.44. The topological polar surface area (TPSA) is 92.0 Å². The van der Waals surface area contributed by atoms with E-state index in [1.807, 2.05) is 12.1 Å². The molecule has 0 radical (unpaired) electrons. The van der Waals surface area contributed by atoms with Crippen molar-refractivity contribution in [3.63, 3.8) is 0 Å². The van der Waals surface area contributed by atoms with Gasteiger partial charge in [0.2, 0.25) is 0 Å². The first-order valence-electron chi connectivity index (χ1n) is 8.22. The van der Waals surface area contributed by atoms with Crippen molar-refractivity contribution in [2.75, 3.05) is 0 Å². The standard InChI is InChI=1S/C20H20N4O2.Pt/c1-11-15-7-5-9-17(19(15)25)24-14(4)22-12(2)16-8-6-10-18(20(16)26)23-13(3)21-11;/h5-10,25-26H,1-4H3;. The number of benzene rings is 2. The number of para-hydroxylation sites is 2. The monoisotopic (exact) mass is 543 g/mol. The van der Waals surface area contributed by atoms with Gasteiger partial charge in [0.15, 0.2) is 0 Å². The number of nitrogens with zero attached hydrogens (tertiary/aromatic N) is 4. The molecule has 0 saturated heterocycles. The van der Waals surface area contributed by atoms with E-state index in [2.05, 4.69) is 19.9 Å². The van der Waals surface area contributed by atoms with Crippen molar-refractivity contribution < 1.29 is 31.3 Å². The first kappa shape index (κ1) is 20.7.